The Hall–Kier alpha value is -2.08. The normalized spacial score (nSPS) is 14.9. The molecule has 0 spiro atoms. The molecule has 0 N–H and O–H groups in total. The van der Waals surface area contributed by atoms with Gasteiger partial charge in [0.25, 0.3) is 0 Å². The van der Waals surface area contributed by atoms with Crippen molar-refractivity contribution in [1.82, 2.24) is 0 Å². The Labute approximate surface area is 127 Å². The lowest BCUT2D eigenvalue weighted by molar-refractivity contribution is 0.542. The molecular formula is C21H22. The summed E-state index contributed by atoms with van der Waals surface area (Å²) in [6.45, 7) is 6.21. The Kier molecular flexibility index (Phi) is 3.79. The SMILES string of the molecule is C=CCC1(C/C=C/CC)c2ccccc2-c2ccccc21. The van der Waals surface area contributed by atoms with Gasteiger partial charge in [-0.25, -0.2) is 0 Å². The molecule has 1 aliphatic carbocycles. The van der Waals surface area contributed by atoms with Crippen molar-refractivity contribution in [3.8, 4) is 11.1 Å². The minimum atomic E-state index is 0.0562. The Bertz CT molecular complexity index is 630. The largest absolute Gasteiger partial charge is 0.103 e. The van der Waals surface area contributed by atoms with E-state index in [1.165, 1.54) is 22.3 Å². The zero-order chi connectivity index (χ0) is 14.7. The Balaban J connectivity index is 2.22. The highest BCUT2D eigenvalue weighted by Crippen LogP contribution is 2.52. The first-order valence-electron chi connectivity index (χ1n) is 7.79. The molecule has 21 heavy (non-hydrogen) atoms. The molecule has 0 saturated carbocycles. The molecule has 106 valence electrons. The van der Waals surface area contributed by atoms with E-state index in [9.17, 15) is 0 Å². The van der Waals surface area contributed by atoms with E-state index in [0.29, 0.717) is 0 Å². The molecule has 0 aliphatic heterocycles. The summed E-state index contributed by atoms with van der Waals surface area (Å²) >= 11 is 0. The van der Waals surface area contributed by atoms with Gasteiger partial charge in [0.1, 0.15) is 0 Å². The third-order valence-corrected chi connectivity index (χ3v) is 4.54. The van der Waals surface area contributed by atoms with Crippen LogP contribution in [-0.4, -0.2) is 0 Å². The van der Waals surface area contributed by atoms with Crippen LogP contribution in [0.3, 0.4) is 0 Å². The molecule has 0 amide bonds. The Morgan fingerprint density at radius 1 is 0.857 bits per heavy atom. The molecule has 0 bridgehead atoms. The van der Waals surface area contributed by atoms with Gasteiger partial charge in [0.05, 0.1) is 0 Å². The van der Waals surface area contributed by atoms with Crippen molar-refractivity contribution in [3.63, 3.8) is 0 Å². The third kappa shape index (κ3) is 2.15. The monoisotopic (exact) mass is 274 g/mol. The lowest BCUT2D eigenvalue weighted by atomic mass is 9.73. The van der Waals surface area contributed by atoms with Crippen LogP contribution in [-0.2, 0) is 5.41 Å². The van der Waals surface area contributed by atoms with E-state index >= 15 is 0 Å². The maximum absolute atomic E-state index is 4.02. The Morgan fingerprint density at radius 3 is 1.95 bits per heavy atom. The highest BCUT2D eigenvalue weighted by Gasteiger charge is 2.40. The van der Waals surface area contributed by atoms with Gasteiger partial charge in [0, 0.05) is 5.41 Å². The maximum Gasteiger partial charge on any atom is 0.0283 e. The van der Waals surface area contributed by atoms with E-state index in [0.717, 1.165) is 19.3 Å². The highest BCUT2D eigenvalue weighted by atomic mass is 14.4. The summed E-state index contributed by atoms with van der Waals surface area (Å²) in [6, 6.07) is 17.7. The molecule has 0 fully saturated rings. The van der Waals surface area contributed by atoms with Gasteiger partial charge in [-0.05, 0) is 41.5 Å². The molecule has 0 heterocycles. The zero-order valence-corrected chi connectivity index (χ0v) is 12.7. The van der Waals surface area contributed by atoms with Crippen LogP contribution < -0.4 is 0 Å². The average Bonchev–Trinajstić information content (AvgIpc) is 2.80. The number of rotatable bonds is 5. The van der Waals surface area contributed by atoms with Gasteiger partial charge in [0.15, 0.2) is 0 Å². The molecule has 2 aromatic carbocycles. The molecule has 3 rings (SSSR count). The summed E-state index contributed by atoms with van der Waals surface area (Å²) in [5.41, 5.74) is 5.74. The van der Waals surface area contributed by atoms with Gasteiger partial charge in [-0.2, -0.15) is 0 Å². The van der Waals surface area contributed by atoms with Crippen LogP contribution in [0.1, 0.15) is 37.3 Å². The van der Waals surface area contributed by atoms with Crippen molar-refractivity contribution in [2.45, 2.75) is 31.6 Å². The van der Waals surface area contributed by atoms with Crippen LogP contribution in [0.15, 0.2) is 73.3 Å². The van der Waals surface area contributed by atoms with Crippen LogP contribution in [0.2, 0.25) is 0 Å². The lowest BCUT2D eigenvalue weighted by Gasteiger charge is -2.30. The lowest BCUT2D eigenvalue weighted by Crippen LogP contribution is -2.23. The van der Waals surface area contributed by atoms with E-state index in [1.807, 2.05) is 0 Å². The Morgan fingerprint density at radius 2 is 1.43 bits per heavy atom. The number of hydrogen-bond donors (Lipinski definition) is 0. The van der Waals surface area contributed by atoms with Crippen molar-refractivity contribution in [1.29, 1.82) is 0 Å². The fourth-order valence-electron chi connectivity index (χ4n) is 3.64. The van der Waals surface area contributed by atoms with Crippen molar-refractivity contribution < 1.29 is 0 Å². The summed E-state index contributed by atoms with van der Waals surface area (Å²) in [5.74, 6) is 0. The second-order valence-electron chi connectivity index (χ2n) is 5.75. The van der Waals surface area contributed by atoms with Crippen LogP contribution >= 0.6 is 0 Å². The van der Waals surface area contributed by atoms with E-state index < -0.39 is 0 Å². The number of hydrogen-bond acceptors (Lipinski definition) is 0. The van der Waals surface area contributed by atoms with Gasteiger partial charge < -0.3 is 0 Å². The highest BCUT2D eigenvalue weighted by molar-refractivity contribution is 5.81. The molecule has 0 radical (unpaired) electrons. The summed E-state index contributed by atoms with van der Waals surface area (Å²) in [4.78, 5) is 0. The number of allylic oxidation sites excluding steroid dienone is 3. The fourth-order valence-corrected chi connectivity index (χ4v) is 3.64. The van der Waals surface area contributed by atoms with Crippen LogP contribution in [0.5, 0.6) is 0 Å². The summed E-state index contributed by atoms with van der Waals surface area (Å²) in [5, 5.41) is 0. The predicted molar refractivity (Wildman–Crippen MR) is 91.5 cm³/mol. The van der Waals surface area contributed by atoms with Gasteiger partial charge in [0.2, 0.25) is 0 Å². The minimum Gasteiger partial charge on any atom is -0.103 e. The van der Waals surface area contributed by atoms with Crippen molar-refractivity contribution in [3.05, 3.63) is 84.5 Å². The minimum absolute atomic E-state index is 0.0562. The smallest absolute Gasteiger partial charge is 0.0283 e. The number of benzene rings is 2. The van der Waals surface area contributed by atoms with Gasteiger partial charge in [-0.15, -0.1) is 6.58 Å². The average molecular weight is 274 g/mol. The molecule has 0 atom stereocenters. The number of fused-ring (bicyclic) bond motifs is 3. The van der Waals surface area contributed by atoms with E-state index in [2.05, 4.69) is 80.3 Å². The molecular weight excluding hydrogens is 252 g/mol. The first kappa shape index (κ1) is 13.9. The molecule has 0 heteroatoms. The molecule has 2 aromatic rings. The van der Waals surface area contributed by atoms with E-state index in [-0.39, 0.29) is 5.41 Å². The third-order valence-electron chi connectivity index (χ3n) is 4.54. The zero-order valence-electron chi connectivity index (χ0n) is 12.7. The van der Waals surface area contributed by atoms with Gasteiger partial charge in [-0.3, -0.25) is 0 Å². The van der Waals surface area contributed by atoms with Crippen molar-refractivity contribution in [2.75, 3.05) is 0 Å². The molecule has 1 aliphatic rings. The standard InChI is InChI=1S/C21H22/c1-3-5-10-16-21(15-4-2)19-13-8-6-11-17(19)18-12-7-9-14-20(18)21/h4-14H,2-3,15-16H2,1H3/b10-5+. The molecule has 0 saturated heterocycles. The molecule has 0 unspecified atom stereocenters. The van der Waals surface area contributed by atoms with Gasteiger partial charge >= 0.3 is 0 Å². The van der Waals surface area contributed by atoms with Crippen LogP contribution in [0.4, 0.5) is 0 Å². The summed E-state index contributed by atoms with van der Waals surface area (Å²) in [7, 11) is 0. The summed E-state index contributed by atoms with van der Waals surface area (Å²) < 4.78 is 0. The van der Waals surface area contributed by atoms with Crippen LogP contribution in [0, 0.1) is 0 Å². The molecule has 0 nitrogen and oxygen atoms in total. The fraction of sp³-hybridized carbons (Fsp3) is 0.238. The first-order chi connectivity index (χ1) is 10.3. The van der Waals surface area contributed by atoms with Gasteiger partial charge in [-0.1, -0.05) is 73.7 Å². The van der Waals surface area contributed by atoms with Crippen molar-refractivity contribution >= 4 is 0 Å². The first-order valence-corrected chi connectivity index (χ1v) is 7.79. The summed E-state index contributed by atoms with van der Waals surface area (Å²) in [6.07, 6.45) is 9.79. The second kappa shape index (κ2) is 5.73. The molecule has 0 aromatic heterocycles. The van der Waals surface area contributed by atoms with Crippen molar-refractivity contribution in [2.24, 2.45) is 0 Å². The quantitative estimate of drug-likeness (QED) is 0.597. The van der Waals surface area contributed by atoms with E-state index in [1.54, 1.807) is 0 Å². The maximum atomic E-state index is 4.02. The van der Waals surface area contributed by atoms with E-state index in [4.69, 9.17) is 0 Å². The second-order valence-corrected chi connectivity index (χ2v) is 5.75. The predicted octanol–water partition coefficient (Wildman–Crippen LogP) is 5.89. The topological polar surface area (TPSA) is 0 Å². The van der Waals surface area contributed by atoms with Crippen LogP contribution in [0.25, 0.3) is 11.1 Å².